The van der Waals surface area contributed by atoms with Crippen LogP contribution in [-0.4, -0.2) is 11.6 Å². The second-order valence-electron chi connectivity index (χ2n) is 5.56. The first-order chi connectivity index (χ1) is 8.90. The Morgan fingerprint density at radius 3 is 2.58 bits per heavy atom. The minimum atomic E-state index is -0.487. The van der Waals surface area contributed by atoms with Crippen LogP contribution in [0.2, 0.25) is 0 Å². The van der Waals surface area contributed by atoms with Crippen molar-refractivity contribution in [1.29, 1.82) is 0 Å². The maximum atomic E-state index is 12.1. The largest absolute Gasteiger partial charge is 0.456 e. The van der Waals surface area contributed by atoms with Crippen molar-refractivity contribution in [2.24, 2.45) is 5.73 Å². The van der Waals surface area contributed by atoms with E-state index in [9.17, 15) is 4.79 Å². The molecule has 100 valence electrons. The summed E-state index contributed by atoms with van der Waals surface area (Å²) in [5, 5.41) is 2.09. The van der Waals surface area contributed by atoms with E-state index in [2.05, 4.69) is 0 Å². The summed E-state index contributed by atoms with van der Waals surface area (Å²) >= 11 is 0. The molecule has 0 saturated heterocycles. The van der Waals surface area contributed by atoms with Crippen LogP contribution in [0.15, 0.2) is 36.4 Å². The molecular weight excluding hydrogens is 238 g/mol. The highest BCUT2D eigenvalue weighted by molar-refractivity contribution is 5.96. The summed E-state index contributed by atoms with van der Waals surface area (Å²) in [7, 11) is 0. The first-order valence-corrected chi connectivity index (χ1v) is 6.36. The van der Waals surface area contributed by atoms with Gasteiger partial charge >= 0.3 is 5.97 Å². The van der Waals surface area contributed by atoms with Gasteiger partial charge in [-0.1, -0.05) is 24.3 Å². The zero-order chi connectivity index (χ0) is 14.0. The van der Waals surface area contributed by atoms with Gasteiger partial charge in [0.2, 0.25) is 0 Å². The van der Waals surface area contributed by atoms with Crippen LogP contribution in [0.4, 0.5) is 0 Å². The molecule has 0 aliphatic carbocycles. The SMILES string of the molecule is CC(C)(C)OC(=O)c1ccc2cccc(CN)c2c1. The lowest BCUT2D eigenvalue weighted by Gasteiger charge is -2.19. The zero-order valence-corrected chi connectivity index (χ0v) is 11.6. The van der Waals surface area contributed by atoms with Crippen LogP contribution >= 0.6 is 0 Å². The Bertz CT molecular complexity index is 612. The summed E-state index contributed by atoms with van der Waals surface area (Å²) in [6, 6.07) is 11.5. The third kappa shape index (κ3) is 3.12. The fourth-order valence-corrected chi connectivity index (χ4v) is 1.98. The molecule has 0 bridgehead atoms. The van der Waals surface area contributed by atoms with Crippen LogP contribution in [0.25, 0.3) is 10.8 Å². The highest BCUT2D eigenvalue weighted by Gasteiger charge is 2.18. The fraction of sp³-hybridized carbons (Fsp3) is 0.312. The van der Waals surface area contributed by atoms with Crippen molar-refractivity contribution in [3.63, 3.8) is 0 Å². The number of carbonyl (C=O) groups excluding carboxylic acids is 1. The van der Waals surface area contributed by atoms with Gasteiger partial charge in [0.1, 0.15) is 5.60 Å². The predicted octanol–water partition coefficient (Wildman–Crippen LogP) is 3.25. The molecule has 0 aromatic heterocycles. The van der Waals surface area contributed by atoms with E-state index in [-0.39, 0.29) is 5.97 Å². The molecule has 0 aliphatic heterocycles. The number of benzene rings is 2. The summed E-state index contributed by atoms with van der Waals surface area (Å²) < 4.78 is 5.38. The number of hydrogen-bond donors (Lipinski definition) is 1. The minimum absolute atomic E-state index is 0.304. The maximum Gasteiger partial charge on any atom is 0.338 e. The molecule has 3 nitrogen and oxygen atoms in total. The Labute approximate surface area is 113 Å². The highest BCUT2D eigenvalue weighted by atomic mass is 16.6. The van der Waals surface area contributed by atoms with Gasteiger partial charge < -0.3 is 10.5 Å². The Balaban J connectivity index is 2.43. The molecule has 0 saturated carbocycles. The summed E-state index contributed by atoms with van der Waals surface area (Å²) in [6.45, 7) is 6.03. The molecule has 0 amide bonds. The lowest BCUT2D eigenvalue weighted by atomic mass is 10.0. The number of hydrogen-bond acceptors (Lipinski definition) is 3. The average molecular weight is 257 g/mol. The predicted molar refractivity (Wildman–Crippen MR) is 77.0 cm³/mol. The van der Waals surface area contributed by atoms with Gasteiger partial charge in [0.15, 0.2) is 0 Å². The van der Waals surface area contributed by atoms with Gasteiger partial charge in [0.05, 0.1) is 5.56 Å². The van der Waals surface area contributed by atoms with Gasteiger partial charge in [0.25, 0.3) is 0 Å². The van der Waals surface area contributed by atoms with Crippen molar-refractivity contribution in [2.75, 3.05) is 0 Å². The number of rotatable bonds is 2. The van der Waals surface area contributed by atoms with Crippen LogP contribution in [0.1, 0.15) is 36.7 Å². The summed E-state index contributed by atoms with van der Waals surface area (Å²) in [6.07, 6.45) is 0. The molecule has 2 rings (SSSR count). The second-order valence-corrected chi connectivity index (χ2v) is 5.56. The van der Waals surface area contributed by atoms with Crippen molar-refractivity contribution in [2.45, 2.75) is 32.9 Å². The number of carbonyl (C=O) groups is 1. The van der Waals surface area contributed by atoms with E-state index in [1.807, 2.05) is 51.1 Å². The van der Waals surface area contributed by atoms with Crippen molar-refractivity contribution >= 4 is 16.7 Å². The standard InChI is InChI=1S/C16H19NO2/c1-16(2,3)19-15(18)12-8-7-11-5-4-6-13(10-17)14(11)9-12/h4-9H,10,17H2,1-3H3. The van der Waals surface area contributed by atoms with Gasteiger partial charge in [-0.2, -0.15) is 0 Å². The van der Waals surface area contributed by atoms with Gasteiger partial charge in [-0.3, -0.25) is 0 Å². The molecule has 0 heterocycles. The lowest BCUT2D eigenvalue weighted by Crippen LogP contribution is -2.23. The maximum absolute atomic E-state index is 12.1. The topological polar surface area (TPSA) is 52.3 Å². The van der Waals surface area contributed by atoms with Crippen LogP contribution in [0.3, 0.4) is 0 Å². The normalized spacial score (nSPS) is 11.6. The average Bonchev–Trinajstić information content (AvgIpc) is 2.35. The van der Waals surface area contributed by atoms with E-state index in [1.54, 1.807) is 6.07 Å². The molecule has 0 spiro atoms. The lowest BCUT2D eigenvalue weighted by molar-refractivity contribution is 0.00697. The number of nitrogens with two attached hydrogens (primary N) is 1. The molecule has 3 heteroatoms. The van der Waals surface area contributed by atoms with E-state index in [0.717, 1.165) is 16.3 Å². The summed E-state index contributed by atoms with van der Waals surface area (Å²) in [5.41, 5.74) is 6.83. The van der Waals surface area contributed by atoms with Crippen molar-refractivity contribution in [3.8, 4) is 0 Å². The summed E-state index contributed by atoms with van der Waals surface area (Å²) in [5.74, 6) is -0.304. The van der Waals surface area contributed by atoms with E-state index in [4.69, 9.17) is 10.5 Å². The van der Waals surface area contributed by atoms with Gasteiger partial charge in [-0.15, -0.1) is 0 Å². The van der Waals surface area contributed by atoms with Crippen LogP contribution in [0.5, 0.6) is 0 Å². The Hall–Kier alpha value is -1.87. The molecule has 0 radical (unpaired) electrons. The van der Waals surface area contributed by atoms with Gasteiger partial charge in [-0.05, 0) is 49.2 Å². The van der Waals surface area contributed by atoms with E-state index >= 15 is 0 Å². The highest BCUT2D eigenvalue weighted by Crippen LogP contribution is 2.21. The number of ether oxygens (including phenoxy) is 1. The summed E-state index contributed by atoms with van der Waals surface area (Å²) in [4.78, 5) is 12.1. The monoisotopic (exact) mass is 257 g/mol. The Kier molecular flexibility index (Phi) is 3.58. The van der Waals surface area contributed by atoms with Gasteiger partial charge in [0, 0.05) is 6.54 Å². The number of fused-ring (bicyclic) bond motifs is 1. The molecule has 2 aromatic carbocycles. The molecule has 2 N–H and O–H groups in total. The van der Waals surface area contributed by atoms with E-state index in [0.29, 0.717) is 12.1 Å². The minimum Gasteiger partial charge on any atom is -0.456 e. The van der Waals surface area contributed by atoms with Gasteiger partial charge in [-0.25, -0.2) is 4.79 Å². The second kappa shape index (κ2) is 5.02. The molecule has 19 heavy (non-hydrogen) atoms. The quantitative estimate of drug-likeness (QED) is 0.840. The van der Waals surface area contributed by atoms with E-state index < -0.39 is 5.60 Å². The first-order valence-electron chi connectivity index (χ1n) is 6.36. The van der Waals surface area contributed by atoms with Crippen molar-refractivity contribution in [3.05, 3.63) is 47.5 Å². The van der Waals surface area contributed by atoms with E-state index in [1.165, 1.54) is 0 Å². The smallest absolute Gasteiger partial charge is 0.338 e. The van der Waals surface area contributed by atoms with Crippen LogP contribution in [-0.2, 0) is 11.3 Å². The van der Waals surface area contributed by atoms with Crippen molar-refractivity contribution < 1.29 is 9.53 Å². The third-order valence-electron chi connectivity index (χ3n) is 2.83. The molecule has 0 fully saturated rings. The molecular formula is C16H19NO2. The third-order valence-corrected chi connectivity index (χ3v) is 2.83. The Morgan fingerprint density at radius 1 is 1.21 bits per heavy atom. The molecule has 0 atom stereocenters. The molecule has 2 aromatic rings. The Morgan fingerprint density at radius 2 is 1.95 bits per heavy atom. The molecule has 0 aliphatic rings. The number of esters is 1. The van der Waals surface area contributed by atoms with Crippen molar-refractivity contribution in [1.82, 2.24) is 0 Å². The molecule has 0 unspecified atom stereocenters. The fourth-order valence-electron chi connectivity index (χ4n) is 1.98. The van der Waals surface area contributed by atoms with Crippen LogP contribution < -0.4 is 5.73 Å². The van der Waals surface area contributed by atoms with Crippen LogP contribution in [0, 0.1) is 0 Å². The first kappa shape index (κ1) is 13.6. The zero-order valence-electron chi connectivity index (χ0n) is 11.6.